The fourth-order valence-corrected chi connectivity index (χ4v) is 1.64. The van der Waals surface area contributed by atoms with Crippen molar-refractivity contribution in [3.05, 3.63) is 0 Å². The number of ether oxygens (including phenoxy) is 1. The maximum atomic E-state index is 9.61. The topological polar surface area (TPSA) is 29.5 Å². The van der Waals surface area contributed by atoms with Gasteiger partial charge in [0.15, 0.2) is 0 Å². The molecule has 1 aliphatic heterocycles. The fraction of sp³-hybridized carbons (Fsp3) is 0.818. The van der Waals surface area contributed by atoms with Crippen molar-refractivity contribution in [2.24, 2.45) is 5.92 Å². The molecule has 0 aliphatic carbocycles. The highest BCUT2D eigenvalue weighted by Crippen LogP contribution is 2.19. The van der Waals surface area contributed by atoms with E-state index in [4.69, 9.17) is 4.74 Å². The van der Waals surface area contributed by atoms with Crippen LogP contribution in [0.4, 0.5) is 0 Å². The molecule has 0 amide bonds. The average Bonchev–Trinajstić information content (AvgIpc) is 2.57. The molecule has 0 saturated carbocycles. The Balaban J connectivity index is 2.07. The van der Waals surface area contributed by atoms with Crippen LogP contribution in [-0.2, 0) is 4.74 Å². The van der Waals surface area contributed by atoms with Crippen molar-refractivity contribution in [3.8, 4) is 11.8 Å². The number of hydrogen-bond acceptors (Lipinski definition) is 2. The second-order valence-corrected chi connectivity index (χ2v) is 3.58. The van der Waals surface area contributed by atoms with Gasteiger partial charge in [-0.1, -0.05) is 0 Å². The van der Waals surface area contributed by atoms with Crippen LogP contribution in [0.3, 0.4) is 0 Å². The first-order valence-corrected chi connectivity index (χ1v) is 4.98. The van der Waals surface area contributed by atoms with E-state index < -0.39 is 0 Å². The summed E-state index contributed by atoms with van der Waals surface area (Å²) >= 11 is 0. The SMILES string of the molecule is CC#CCCC(O)CC1CCOC1. The highest BCUT2D eigenvalue weighted by molar-refractivity contribution is 4.95. The van der Waals surface area contributed by atoms with Gasteiger partial charge >= 0.3 is 0 Å². The third-order valence-electron chi connectivity index (χ3n) is 2.41. The van der Waals surface area contributed by atoms with E-state index in [-0.39, 0.29) is 6.10 Å². The summed E-state index contributed by atoms with van der Waals surface area (Å²) in [5, 5.41) is 9.61. The van der Waals surface area contributed by atoms with Crippen molar-refractivity contribution in [1.82, 2.24) is 0 Å². The Morgan fingerprint density at radius 1 is 1.62 bits per heavy atom. The Hall–Kier alpha value is -0.520. The van der Waals surface area contributed by atoms with Gasteiger partial charge in [0.05, 0.1) is 6.10 Å². The van der Waals surface area contributed by atoms with Gasteiger partial charge in [0.25, 0.3) is 0 Å². The van der Waals surface area contributed by atoms with Gasteiger partial charge in [-0.05, 0) is 32.1 Å². The van der Waals surface area contributed by atoms with Crippen LogP contribution in [0.15, 0.2) is 0 Å². The van der Waals surface area contributed by atoms with Gasteiger partial charge in [0.1, 0.15) is 0 Å². The van der Waals surface area contributed by atoms with Crippen LogP contribution in [0, 0.1) is 17.8 Å². The van der Waals surface area contributed by atoms with E-state index in [1.807, 2.05) is 6.92 Å². The number of aliphatic hydroxyl groups excluding tert-OH is 1. The molecule has 1 fully saturated rings. The normalized spacial score (nSPS) is 23.7. The highest BCUT2D eigenvalue weighted by atomic mass is 16.5. The molecule has 0 radical (unpaired) electrons. The van der Waals surface area contributed by atoms with Crippen LogP contribution < -0.4 is 0 Å². The smallest absolute Gasteiger partial charge is 0.0552 e. The summed E-state index contributed by atoms with van der Waals surface area (Å²) in [6, 6.07) is 0. The molecule has 0 spiro atoms. The molecule has 1 N–H and O–H groups in total. The van der Waals surface area contributed by atoms with Crippen molar-refractivity contribution in [2.45, 2.75) is 38.7 Å². The van der Waals surface area contributed by atoms with E-state index in [1.54, 1.807) is 0 Å². The van der Waals surface area contributed by atoms with Crippen LogP contribution in [0.5, 0.6) is 0 Å². The maximum absolute atomic E-state index is 9.61. The van der Waals surface area contributed by atoms with Crippen molar-refractivity contribution in [3.63, 3.8) is 0 Å². The molecule has 2 nitrogen and oxygen atoms in total. The average molecular weight is 182 g/mol. The van der Waals surface area contributed by atoms with Crippen LogP contribution in [0.2, 0.25) is 0 Å². The van der Waals surface area contributed by atoms with E-state index in [2.05, 4.69) is 11.8 Å². The first kappa shape index (κ1) is 10.6. The first-order valence-electron chi connectivity index (χ1n) is 4.98. The molecule has 1 heterocycles. The van der Waals surface area contributed by atoms with Crippen LogP contribution in [0.1, 0.15) is 32.6 Å². The highest BCUT2D eigenvalue weighted by Gasteiger charge is 2.18. The second kappa shape index (κ2) is 6.01. The van der Waals surface area contributed by atoms with E-state index >= 15 is 0 Å². The number of aliphatic hydroxyl groups is 1. The summed E-state index contributed by atoms with van der Waals surface area (Å²) in [7, 11) is 0. The summed E-state index contributed by atoms with van der Waals surface area (Å²) in [5.41, 5.74) is 0. The third-order valence-corrected chi connectivity index (χ3v) is 2.41. The molecule has 0 bridgehead atoms. The molecule has 0 aromatic heterocycles. The van der Waals surface area contributed by atoms with E-state index in [0.717, 1.165) is 38.9 Å². The van der Waals surface area contributed by atoms with E-state index in [9.17, 15) is 5.11 Å². The first-order chi connectivity index (χ1) is 6.33. The molecule has 13 heavy (non-hydrogen) atoms. The molecule has 2 heteroatoms. The summed E-state index contributed by atoms with van der Waals surface area (Å²) in [6.07, 6.45) is 3.41. The molecule has 1 aliphatic rings. The Morgan fingerprint density at radius 2 is 2.46 bits per heavy atom. The summed E-state index contributed by atoms with van der Waals surface area (Å²) in [6.45, 7) is 3.53. The molecule has 0 aromatic carbocycles. The zero-order valence-electron chi connectivity index (χ0n) is 8.25. The second-order valence-electron chi connectivity index (χ2n) is 3.58. The quantitative estimate of drug-likeness (QED) is 0.669. The molecule has 1 saturated heterocycles. The Labute approximate surface area is 80.3 Å². The minimum Gasteiger partial charge on any atom is -0.393 e. The van der Waals surface area contributed by atoms with Crippen LogP contribution >= 0.6 is 0 Å². The van der Waals surface area contributed by atoms with Crippen LogP contribution in [-0.4, -0.2) is 24.4 Å². The van der Waals surface area contributed by atoms with Gasteiger partial charge in [-0.2, -0.15) is 0 Å². The maximum Gasteiger partial charge on any atom is 0.0552 e. The van der Waals surface area contributed by atoms with Crippen molar-refractivity contribution in [2.75, 3.05) is 13.2 Å². The van der Waals surface area contributed by atoms with Crippen molar-refractivity contribution >= 4 is 0 Å². The Bertz CT molecular complexity index is 184. The van der Waals surface area contributed by atoms with Gasteiger partial charge in [-0.15, -0.1) is 11.8 Å². The lowest BCUT2D eigenvalue weighted by molar-refractivity contribution is 0.123. The zero-order chi connectivity index (χ0) is 9.52. The molecule has 74 valence electrons. The molecule has 2 unspecified atom stereocenters. The lowest BCUT2D eigenvalue weighted by atomic mass is 9.98. The van der Waals surface area contributed by atoms with Crippen molar-refractivity contribution in [1.29, 1.82) is 0 Å². The van der Waals surface area contributed by atoms with Gasteiger partial charge in [0, 0.05) is 19.6 Å². The molecule has 1 rings (SSSR count). The fourth-order valence-electron chi connectivity index (χ4n) is 1.64. The van der Waals surface area contributed by atoms with Gasteiger partial charge in [-0.25, -0.2) is 0 Å². The number of hydrogen-bond donors (Lipinski definition) is 1. The van der Waals surface area contributed by atoms with E-state index in [1.165, 1.54) is 0 Å². The predicted octanol–water partition coefficient (Wildman–Crippen LogP) is 1.58. The zero-order valence-corrected chi connectivity index (χ0v) is 8.25. The Morgan fingerprint density at radius 3 is 3.08 bits per heavy atom. The largest absolute Gasteiger partial charge is 0.393 e. The lowest BCUT2D eigenvalue weighted by Gasteiger charge is -2.12. The standard InChI is InChI=1S/C11H18O2/c1-2-3-4-5-11(12)8-10-6-7-13-9-10/h10-12H,4-9H2,1H3. The van der Waals surface area contributed by atoms with E-state index in [0.29, 0.717) is 5.92 Å². The minimum atomic E-state index is -0.187. The van der Waals surface area contributed by atoms with Gasteiger partial charge in [-0.3, -0.25) is 0 Å². The molecule has 2 atom stereocenters. The molecular formula is C11H18O2. The number of rotatable bonds is 4. The Kier molecular flexibility index (Phi) is 4.88. The molecule has 0 aromatic rings. The predicted molar refractivity (Wildman–Crippen MR) is 52.2 cm³/mol. The third kappa shape index (κ3) is 4.31. The minimum absolute atomic E-state index is 0.187. The summed E-state index contributed by atoms with van der Waals surface area (Å²) in [4.78, 5) is 0. The lowest BCUT2D eigenvalue weighted by Crippen LogP contribution is -2.13. The summed E-state index contributed by atoms with van der Waals surface area (Å²) in [5.74, 6) is 6.37. The van der Waals surface area contributed by atoms with Crippen LogP contribution in [0.25, 0.3) is 0 Å². The molecular weight excluding hydrogens is 164 g/mol. The summed E-state index contributed by atoms with van der Waals surface area (Å²) < 4.78 is 5.24. The van der Waals surface area contributed by atoms with Crippen molar-refractivity contribution < 1.29 is 9.84 Å². The monoisotopic (exact) mass is 182 g/mol. The van der Waals surface area contributed by atoms with Gasteiger partial charge < -0.3 is 9.84 Å². The van der Waals surface area contributed by atoms with Gasteiger partial charge in [0.2, 0.25) is 0 Å².